The van der Waals surface area contributed by atoms with Gasteiger partial charge in [0.25, 0.3) is 0 Å². The molecular formula is C34H18N4OS. The molecule has 0 radical (unpaired) electrons. The van der Waals surface area contributed by atoms with E-state index >= 15 is 0 Å². The first kappa shape index (κ1) is 23.5. The molecule has 2 aromatic heterocycles. The molecule has 40 heavy (non-hydrogen) atoms. The van der Waals surface area contributed by atoms with Crippen LogP contribution < -0.4 is 0 Å². The second-order valence-corrected chi connectivity index (χ2v) is 10.4. The first-order chi connectivity index (χ1) is 19.7. The Morgan fingerprint density at radius 1 is 0.800 bits per heavy atom. The maximum absolute atomic E-state index is 13.6. The van der Waals surface area contributed by atoms with Gasteiger partial charge in [-0.15, -0.1) is 11.3 Å². The van der Waals surface area contributed by atoms with E-state index < -0.39 is 0 Å². The number of para-hydroxylation sites is 1. The fourth-order valence-corrected chi connectivity index (χ4v) is 6.41. The molecule has 2 heterocycles. The van der Waals surface area contributed by atoms with Crippen molar-refractivity contribution >= 4 is 49.9 Å². The van der Waals surface area contributed by atoms with E-state index in [0.717, 1.165) is 43.1 Å². The molecule has 7 rings (SSSR count). The minimum Gasteiger partial charge on any atom is -0.294 e. The molecule has 1 aliphatic carbocycles. The zero-order valence-corrected chi connectivity index (χ0v) is 21.8. The second-order valence-electron chi connectivity index (χ2n) is 9.38. The van der Waals surface area contributed by atoms with Crippen molar-refractivity contribution in [2.75, 3.05) is 0 Å². The van der Waals surface area contributed by atoms with Crippen LogP contribution in [0.15, 0.2) is 114 Å². The Kier molecular flexibility index (Phi) is 5.49. The highest BCUT2D eigenvalue weighted by atomic mass is 32.1. The summed E-state index contributed by atoms with van der Waals surface area (Å²) in [6.45, 7) is 0. The van der Waals surface area contributed by atoms with Crippen LogP contribution >= 0.6 is 11.3 Å². The average molecular weight is 531 g/mol. The van der Waals surface area contributed by atoms with E-state index in [1.165, 1.54) is 0 Å². The van der Waals surface area contributed by atoms with Crippen LogP contribution in [0.1, 0.15) is 21.6 Å². The van der Waals surface area contributed by atoms with E-state index in [4.69, 9.17) is 4.98 Å². The molecule has 0 amide bonds. The number of fused-ring (bicyclic) bond motifs is 3. The lowest BCUT2D eigenvalue weighted by Gasteiger charge is -2.09. The number of ketones is 1. The smallest absolute Gasteiger partial charge is 0.194 e. The number of carbonyl (C=O) groups excluding carboxylic acids is 1. The number of rotatable bonds is 3. The largest absolute Gasteiger partial charge is 0.294 e. The van der Waals surface area contributed by atoms with E-state index in [0.29, 0.717) is 22.3 Å². The first-order valence-electron chi connectivity index (χ1n) is 12.6. The minimum absolute atomic E-state index is 0.0828. The van der Waals surface area contributed by atoms with Crippen LogP contribution in [0.3, 0.4) is 0 Å². The van der Waals surface area contributed by atoms with Crippen molar-refractivity contribution in [3.8, 4) is 28.4 Å². The monoisotopic (exact) mass is 530 g/mol. The predicted octanol–water partition coefficient (Wildman–Crippen LogP) is 7.99. The zero-order chi connectivity index (χ0) is 27.2. The SMILES string of the molecule is N#CC(C#N)=C1/C(=C/c2cc3sc(-c4cccc5ccccc45)nc3n2-c2ccccc2)C(=O)c2ccccc21. The van der Waals surface area contributed by atoms with Gasteiger partial charge in [-0.25, -0.2) is 4.98 Å². The van der Waals surface area contributed by atoms with Crippen molar-refractivity contribution < 1.29 is 4.79 Å². The third-order valence-corrected chi connectivity index (χ3v) is 8.16. The molecule has 5 nitrogen and oxygen atoms in total. The van der Waals surface area contributed by atoms with Crippen LogP contribution in [-0.4, -0.2) is 15.3 Å². The fraction of sp³-hybridized carbons (Fsp3) is 0. The van der Waals surface area contributed by atoms with Gasteiger partial charge in [-0.2, -0.15) is 10.5 Å². The number of benzene rings is 4. The number of nitriles is 2. The van der Waals surface area contributed by atoms with Crippen LogP contribution in [0.5, 0.6) is 0 Å². The minimum atomic E-state index is -0.206. The lowest BCUT2D eigenvalue weighted by atomic mass is 9.99. The summed E-state index contributed by atoms with van der Waals surface area (Å²) in [6.07, 6.45) is 1.78. The van der Waals surface area contributed by atoms with Gasteiger partial charge < -0.3 is 0 Å². The van der Waals surface area contributed by atoms with E-state index in [1.54, 1.807) is 35.6 Å². The maximum Gasteiger partial charge on any atom is 0.194 e. The number of hydrogen-bond acceptors (Lipinski definition) is 5. The van der Waals surface area contributed by atoms with Gasteiger partial charge in [0, 0.05) is 33.7 Å². The Morgan fingerprint density at radius 2 is 1.48 bits per heavy atom. The Labute approximate surface area is 233 Å². The lowest BCUT2D eigenvalue weighted by Crippen LogP contribution is -2.00. The highest BCUT2D eigenvalue weighted by molar-refractivity contribution is 7.21. The molecule has 186 valence electrons. The van der Waals surface area contributed by atoms with Crippen molar-refractivity contribution in [1.82, 2.24) is 9.55 Å². The van der Waals surface area contributed by atoms with Crippen LogP contribution in [0.4, 0.5) is 0 Å². The van der Waals surface area contributed by atoms with Crippen LogP contribution in [-0.2, 0) is 0 Å². The average Bonchev–Trinajstić information content (AvgIpc) is 3.64. The molecule has 0 bridgehead atoms. The standard InChI is InChI=1S/C34H18N4OS/c35-19-22(20-36)31-26-14-6-7-15-27(26)32(39)29(31)17-24-18-30-33(38(24)23-11-2-1-3-12-23)37-34(40-30)28-16-8-10-21-9-4-5-13-25(21)28/h1-18H/b29-17-. The van der Waals surface area contributed by atoms with E-state index in [-0.39, 0.29) is 11.4 Å². The van der Waals surface area contributed by atoms with Crippen molar-refractivity contribution in [3.63, 3.8) is 0 Å². The molecule has 0 saturated carbocycles. The van der Waals surface area contributed by atoms with Gasteiger partial charge in [-0.3, -0.25) is 9.36 Å². The molecular weight excluding hydrogens is 512 g/mol. The summed E-state index contributed by atoms with van der Waals surface area (Å²) in [7, 11) is 0. The van der Waals surface area contributed by atoms with Gasteiger partial charge in [0.05, 0.1) is 4.70 Å². The highest BCUT2D eigenvalue weighted by Crippen LogP contribution is 2.42. The van der Waals surface area contributed by atoms with Crippen LogP contribution in [0.2, 0.25) is 0 Å². The number of aromatic nitrogens is 2. The van der Waals surface area contributed by atoms with Gasteiger partial charge in [0.15, 0.2) is 11.4 Å². The molecule has 6 heteroatoms. The molecule has 0 unspecified atom stereocenters. The Morgan fingerprint density at radius 3 is 2.27 bits per heavy atom. The molecule has 4 aromatic carbocycles. The summed E-state index contributed by atoms with van der Waals surface area (Å²) in [6, 6.07) is 37.5. The predicted molar refractivity (Wildman–Crippen MR) is 159 cm³/mol. The summed E-state index contributed by atoms with van der Waals surface area (Å²) >= 11 is 1.59. The fourth-order valence-electron chi connectivity index (χ4n) is 5.38. The van der Waals surface area contributed by atoms with Crippen LogP contribution in [0.25, 0.3) is 49.0 Å². The summed E-state index contributed by atoms with van der Waals surface area (Å²) < 4.78 is 2.99. The third kappa shape index (κ3) is 3.60. The zero-order valence-electron chi connectivity index (χ0n) is 21.0. The van der Waals surface area contributed by atoms with Crippen molar-refractivity contribution in [3.05, 3.63) is 131 Å². The number of carbonyl (C=O) groups is 1. The van der Waals surface area contributed by atoms with Gasteiger partial charge in [-0.05, 0) is 40.6 Å². The van der Waals surface area contributed by atoms with E-state index in [1.807, 2.05) is 77.4 Å². The summed E-state index contributed by atoms with van der Waals surface area (Å²) in [5.74, 6) is -0.206. The molecule has 6 aromatic rings. The van der Waals surface area contributed by atoms with Gasteiger partial charge in [0.2, 0.25) is 0 Å². The topological polar surface area (TPSA) is 82.5 Å². The Bertz CT molecular complexity index is 2130. The molecule has 0 N–H and O–H groups in total. The number of Topliss-reactive ketones (excluding diaryl/α,β-unsaturated/α-hetero) is 1. The lowest BCUT2D eigenvalue weighted by molar-refractivity contribution is 0.104. The molecule has 0 fully saturated rings. The highest BCUT2D eigenvalue weighted by Gasteiger charge is 2.32. The van der Waals surface area contributed by atoms with Crippen LogP contribution in [0, 0.1) is 22.7 Å². The number of thiazole rings is 1. The number of hydrogen-bond donors (Lipinski definition) is 0. The summed E-state index contributed by atoms with van der Waals surface area (Å²) in [4.78, 5) is 18.7. The van der Waals surface area contributed by atoms with E-state index in [2.05, 4.69) is 24.3 Å². The molecule has 0 atom stereocenters. The number of nitrogens with zero attached hydrogens (tertiary/aromatic N) is 4. The van der Waals surface area contributed by atoms with Gasteiger partial charge in [-0.1, -0.05) is 84.9 Å². The van der Waals surface area contributed by atoms with Crippen molar-refractivity contribution in [2.24, 2.45) is 0 Å². The van der Waals surface area contributed by atoms with Gasteiger partial charge >= 0.3 is 0 Å². The van der Waals surface area contributed by atoms with E-state index in [9.17, 15) is 15.3 Å². The quantitative estimate of drug-likeness (QED) is 0.171. The van der Waals surface area contributed by atoms with Crippen molar-refractivity contribution in [1.29, 1.82) is 10.5 Å². The molecule has 1 aliphatic rings. The summed E-state index contributed by atoms with van der Waals surface area (Å²) in [5, 5.41) is 22.7. The third-order valence-electron chi connectivity index (χ3n) is 7.14. The maximum atomic E-state index is 13.6. The molecule has 0 spiro atoms. The number of allylic oxidation sites excluding steroid dienone is 3. The summed E-state index contributed by atoms with van der Waals surface area (Å²) in [5.41, 5.74) is 5.20. The first-order valence-corrected chi connectivity index (χ1v) is 13.5. The molecule has 0 aliphatic heterocycles. The normalized spacial score (nSPS) is 13.5. The van der Waals surface area contributed by atoms with Crippen molar-refractivity contribution in [2.45, 2.75) is 0 Å². The Hall–Kier alpha value is -5.56. The Balaban J connectivity index is 1.47. The second kappa shape index (κ2) is 9.32. The molecule has 0 saturated heterocycles. The van der Waals surface area contributed by atoms with Gasteiger partial charge in [0.1, 0.15) is 22.7 Å².